The van der Waals surface area contributed by atoms with Gasteiger partial charge in [-0.15, -0.1) is 0 Å². The molecule has 47 heavy (non-hydrogen) atoms. The topological polar surface area (TPSA) is 96.0 Å². The zero-order chi connectivity index (χ0) is 34.0. The van der Waals surface area contributed by atoms with Crippen molar-refractivity contribution in [2.24, 2.45) is 0 Å². The fourth-order valence-electron chi connectivity index (χ4n) is 5.29. The number of hydrogen-bond donors (Lipinski definition) is 1. The van der Waals surface area contributed by atoms with E-state index in [1.165, 1.54) is 17.0 Å². The Bertz CT molecular complexity index is 1740. The molecule has 0 spiro atoms. The molecule has 248 valence electrons. The maximum atomic E-state index is 14.7. The Morgan fingerprint density at radius 1 is 0.809 bits per heavy atom. The highest BCUT2D eigenvalue weighted by Crippen LogP contribution is 2.33. The minimum Gasteiger partial charge on any atom is -0.492 e. The Kier molecular flexibility index (Phi) is 12.2. The van der Waals surface area contributed by atoms with E-state index in [2.05, 4.69) is 5.32 Å². The molecule has 0 aliphatic carbocycles. The van der Waals surface area contributed by atoms with Crippen molar-refractivity contribution in [3.05, 3.63) is 125 Å². The largest absolute Gasteiger partial charge is 0.492 e. The second-order valence-corrected chi connectivity index (χ2v) is 13.6. The molecule has 2 atom stereocenters. The molecule has 2 amide bonds. The van der Waals surface area contributed by atoms with Crippen LogP contribution in [0.2, 0.25) is 0 Å². The molecular formula is C38H45N3O5S. The van der Waals surface area contributed by atoms with E-state index in [4.69, 9.17) is 4.74 Å². The molecular weight excluding hydrogens is 611 g/mol. The van der Waals surface area contributed by atoms with Crippen LogP contribution in [-0.2, 0) is 32.6 Å². The van der Waals surface area contributed by atoms with Crippen LogP contribution in [0, 0.1) is 13.8 Å². The summed E-state index contributed by atoms with van der Waals surface area (Å²) >= 11 is 0. The van der Waals surface area contributed by atoms with Gasteiger partial charge in [-0.05, 0) is 69.5 Å². The van der Waals surface area contributed by atoms with Crippen LogP contribution < -0.4 is 14.4 Å². The zero-order valence-corrected chi connectivity index (χ0v) is 28.7. The number of sulfonamides is 1. The third-order valence-electron chi connectivity index (χ3n) is 8.03. The second-order valence-electron chi connectivity index (χ2n) is 11.8. The number of carbonyl (C=O) groups is 2. The minimum absolute atomic E-state index is 0.0442. The van der Waals surface area contributed by atoms with E-state index >= 15 is 0 Å². The van der Waals surface area contributed by atoms with Gasteiger partial charge in [0.15, 0.2) is 0 Å². The second kappa shape index (κ2) is 16.3. The first-order chi connectivity index (χ1) is 22.5. The van der Waals surface area contributed by atoms with Crippen molar-refractivity contribution in [2.75, 3.05) is 17.5 Å². The monoisotopic (exact) mass is 655 g/mol. The third kappa shape index (κ3) is 9.23. The van der Waals surface area contributed by atoms with Gasteiger partial charge in [0.05, 0.1) is 17.2 Å². The summed E-state index contributed by atoms with van der Waals surface area (Å²) in [5.74, 6) is -0.486. The fraction of sp³-hybridized carbons (Fsp3) is 0.316. The average molecular weight is 656 g/mol. The molecule has 0 heterocycles. The van der Waals surface area contributed by atoms with E-state index in [0.717, 1.165) is 26.6 Å². The summed E-state index contributed by atoms with van der Waals surface area (Å²) in [5.41, 5.74) is 3.86. The highest BCUT2D eigenvalue weighted by atomic mass is 32.2. The molecule has 8 nitrogen and oxygen atoms in total. The fourth-order valence-corrected chi connectivity index (χ4v) is 6.72. The molecule has 0 fully saturated rings. The number of rotatable bonds is 15. The van der Waals surface area contributed by atoms with Crippen LogP contribution in [0.1, 0.15) is 49.4 Å². The summed E-state index contributed by atoms with van der Waals surface area (Å²) < 4.78 is 35.7. The van der Waals surface area contributed by atoms with Crippen molar-refractivity contribution < 1.29 is 22.7 Å². The molecule has 0 aliphatic rings. The molecule has 1 N–H and O–H groups in total. The van der Waals surface area contributed by atoms with Crippen molar-refractivity contribution >= 4 is 27.5 Å². The molecule has 0 unspecified atom stereocenters. The third-order valence-corrected chi connectivity index (χ3v) is 9.80. The van der Waals surface area contributed by atoms with E-state index in [0.29, 0.717) is 18.8 Å². The highest BCUT2D eigenvalue weighted by Gasteiger charge is 2.35. The molecule has 4 aromatic rings. The Morgan fingerprint density at radius 2 is 1.47 bits per heavy atom. The molecule has 4 rings (SSSR count). The number of para-hydroxylation sites is 2. The number of amides is 2. The van der Waals surface area contributed by atoms with Gasteiger partial charge in [-0.3, -0.25) is 13.9 Å². The maximum Gasteiger partial charge on any atom is 0.264 e. The number of nitrogens with one attached hydrogen (secondary N) is 1. The molecule has 0 saturated carbocycles. The molecule has 0 bridgehead atoms. The summed E-state index contributed by atoms with van der Waals surface area (Å²) in [6, 6.07) is 29.6. The number of carbonyl (C=O) groups excluding carboxylic acids is 2. The lowest BCUT2D eigenvalue weighted by Gasteiger charge is -2.34. The van der Waals surface area contributed by atoms with Crippen molar-refractivity contribution in [1.82, 2.24) is 10.2 Å². The van der Waals surface area contributed by atoms with Crippen molar-refractivity contribution in [3.63, 3.8) is 0 Å². The number of aryl methyl sites for hydroxylation is 2. The zero-order valence-electron chi connectivity index (χ0n) is 27.8. The standard InChI is InChI=1S/C38H45N3O5S/c1-6-30(5)39-38(43)35(25-31-15-9-8-10-16-31)40(26-32-17-13-14-29(4)24-32)37(42)27-41(34-18-11-12-19-36(34)46-7-2)47(44,45)33-22-20-28(3)21-23-33/h8-24,30,35H,6-7,25-27H2,1-5H3,(H,39,43)/t30-,35-/m1/s1. The lowest BCUT2D eigenvalue weighted by atomic mass is 10.0. The summed E-state index contributed by atoms with van der Waals surface area (Å²) in [6.07, 6.45) is 0.966. The lowest BCUT2D eigenvalue weighted by Crippen LogP contribution is -2.54. The van der Waals surface area contributed by atoms with E-state index in [-0.39, 0.29) is 35.5 Å². The Balaban J connectivity index is 1.84. The number of ether oxygens (including phenoxy) is 1. The molecule has 0 radical (unpaired) electrons. The number of anilines is 1. The average Bonchev–Trinajstić information content (AvgIpc) is 3.06. The van der Waals surface area contributed by atoms with E-state index < -0.39 is 28.5 Å². The van der Waals surface area contributed by atoms with Crippen LogP contribution in [-0.4, -0.2) is 50.4 Å². The normalized spacial score (nSPS) is 12.5. The summed E-state index contributed by atoms with van der Waals surface area (Å²) in [4.78, 5) is 30.3. The smallest absolute Gasteiger partial charge is 0.264 e. The molecule has 9 heteroatoms. The summed E-state index contributed by atoms with van der Waals surface area (Å²) in [7, 11) is -4.24. The quantitative estimate of drug-likeness (QED) is 0.159. The van der Waals surface area contributed by atoms with Crippen LogP contribution in [0.15, 0.2) is 108 Å². The van der Waals surface area contributed by atoms with Crippen LogP contribution in [0.25, 0.3) is 0 Å². The van der Waals surface area contributed by atoms with E-state index in [1.54, 1.807) is 36.4 Å². The van der Waals surface area contributed by atoms with Crippen molar-refractivity contribution in [3.8, 4) is 5.75 Å². The Hall–Kier alpha value is -4.63. The number of nitrogens with zero attached hydrogens (tertiary/aromatic N) is 2. The van der Waals surface area contributed by atoms with Crippen LogP contribution in [0.4, 0.5) is 5.69 Å². The Labute approximate surface area is 279 Å². The van der Waals surface area contributed by atoms with Gasteiger partial charge in [0.2, 0.25) is 11.8 Å². The minimum atomic E-state index is -4.24. The van der Waals surface area contributed by atoms with Gasteiger partial charge in [0, 0.05) is 19.0 Å². The lowest BCUT2D eigenvalue weighted by molar-refractivity contribution is -0.140. The van der Waals surface area contributed by atoms with Gasteiger partial charge in [-0.25, -0.2) is 8.42 Å². The first-order valence-corrected chi connectivity index (χ1v) is 17.5. The number of benzene rings is 4. The maximum absolute atomic E-state index is 14.7. The van der Waals surface area contributed by atoms with Crippen molar-refractivity contribution in [1.29, 1.82) is 0 Å². The summed E-state index contributed by atoms with van der Waals surface area (Å²) in [5, 5.41) is 3.07. The SMILES string of the molecule is CCOc1ccccc1N(CC(=O)N(Cc1cccc(C)c1)[C@H](Cc1ccccc1)C(=O)N[C@H](C)CC)S(=O)(=O)c1ccc(C)cc1. The molecule has 0 aromatic heterocycles. The predicted molar refractivity (Wildman–Crippen MR) is 187 cm³/mol. The predicted octanol–water partition coefficient (Wildman–Crippen LogP) is 6.45. The van der Waals surface area contributed by atoms with Crippen LogP contribution in [0.5, 0.6) is 5.75 Å². The summed E-state index contributed by atoms with van der Waals surface area (Å²) in [6.45, 7) is 9.43. The first kappa shape index (κ1) is 35.2. The Morgan fingerprint density at radius 3 is 2.13 bits per heavy atom. The van der Waals surface area contributed by atoms with Gasteiger partial charge in [0.1, 0.15) is 18.3 Å². The number of hydrogen-bond acceptors (Lipinski definition) is 5. The van der Waals surface area contributed by atoms with Crippen LogP contribution >= 0.6 is 0 Å². The van der Waals surface area contributed by atoms with Gasteiger partial charge in [0.25, 0.3) is 10.0 Å². The highest BCUT2D eigenvalue weighted by molar-refractivity contribution is 7.92. The molecule has 0 saturated heterocycles. The van der Waals surface area contributed by atoms with Crippen LogP contribution in [0.3, 0.4) is 0 Å². The van der Waals surface area contributed by atoms with Gasteiger partial charge < -0.3 is 15.0 Å². The molecule has 0 aliphatic heterocycles. The van der Waals surface area contributed by atoms with E-state index in [1.807, 2.05) is 89.2 Å². The first-order valence-electron chi connectivity index (χ1n) is 16.0. The van der Waals surface area contributed by atoms with E-state index in [9.17, 15) is 18.0 Å². The molecule has 4 aromatic carbocycles. The van der Waals surface area contributed by atoms with Crippen molar-refractivity contribution in [2.45, 2.75) is 71.0 Å². The van der Waals surface area contributed by atoms with Gasteiger partial charge in [-0.2, -0.15) is 0 Å². The van der Waals surface area contributed by atoms with Gasteiger partial charge in [-0.1, -0.05) is 96.9 Å². The van der Waals surface area contributed by atoms with Gasteiger partial charge >= 0.3 is 0 Å².